The van der Waals surface area contributed by atoms with Crippen molar-refractivity contribution in [3.8, 4) is 17.2 Å². The molecule has 0 unspecified atom stereocenters. The average molecular weight is 560 g/mol. The third-order valence-corrected chi connectivity index (χ3v) is 7.40. The SMILES string of the molecule is COc1ccc(S(=O)(=O)N(CC(=O)Nc2cc(Cl)ccc2Cl)c2cc(Cl)ccc2OC)cc1OC. The van der Waals surface area contributed by atoms with Gasteiger partial charge in [0.25, 0.3) is 10.0 Å². The zero-order valence-electron chi connectivity index (χ0n) is 18.8. The molecule has 1 N–H and O–H groups in total. The summed E-state index contributed by atoms with van der Waals surface area (Å²) in [5, 5.41) is 3.41. The van der Waals surface area contributed by atoms with Gasteiger partial charge in [0.15, 0.2) is 11.5 Å². The van der Waals surface area contributed by atoms with E-state index in [1.807, 2.05) is 0 Å². The van der Waals surface area contributed by atoms with Crippen molar-refractivity contribution in [3.63, 3.8) is 0 Å². The number of rotatable bonds is 9. The highest BCUT2D eigenvalue weighted by atomic mass is 35.5. The van der Waals surface area contributed by atoms with Crippen LogP contribution in [0.25, 0.3) is 0 Å². The maximum atomic E-state index is 13.8. The molecule has 0 heterocycles. The molecule has 0 aromatic heterocycles. The molecule has 8 nitrogen and oxygen atoms in total. The summed E-state index contributed by atoms with van der Waals surface area (Å²) >= 11 is 18.3. The van der Waals surface area contributed by atoms with E-state index in [0.29, 0.717) is 10.8 Å². The summed E-state index contributed by atoms with van der Waals surface area (Å²) in [5.74, 6) is 0.0423. The zero-order chi connectivity index (χ0) is 25.8. The molecule has 0 saturated heterocycles. The Bertz CT molecular complexity index is 1350. The van der Waals surface area contributed by atoms with Gasteiger partial charge in [-0.15, -0.1) is 0 Å². The quantitative estimate of drug-likeness (QED) is 0.372. The van der Waals surface area contributed by atoms with Crippen molar-refractivity contribution in [2.75, 3.05) is 37.5 Å². The fourth-order valence-corrected chi connectivity index (χ4v) is 5.12. The molecule has 0 fully saturated rings. The van der Waals surface area contributed by atoms with Crippen molar-refractivity contribution in [1.82, 2.24) is 0 Å². The highest BCUT2D eigenvalue weighted by molar-refractivity contribution is 7.92. The van der Waals surface area contributed by atoms with Gasteiger partial charge in [-0.1, -0.05) is 34.8 Å². The molecule has 3 aromatic carbocycles. The monoisotopic (exact) mass is 558 g/mol. The van der Waals surface area contributed by atoms with E-state index in [2.05, 4.69) is 5.32 Å². The standard InChI is InChI=1S/C23H21Cl3N2O6S/c1-32-20-8-5-15(25)11-19(20)28(13-23(29)27-18-10-14(24)4-7-17(18)26)35(30,31)16-6-9-21(33-2)22(12-16)34-3/h4-12H,13H2,1-3H3,(H,27,29). The van der Waals surface area contributed by atoms with E-state index in [-0.39, 0.29) is 37.8 Å². The summed E-state index contributed by atoms with van der Waals surface area (Å²) < 4.78 is 44.3. The van der Waals surface area contributed by atoms with E-state index in [1.165, 1.54) is 69.9 Å². The molecule has 0 aliphatic heterocycles. The van der Waals surface area contributed by atoms with E-state index in [0.717, 1.165) is 4.31 Å². The first kappa shape index (κ1) is 26.7. The van der Waals surface area contributed by atoms with Crippen LogP contribution in [0.4, 0.5) is 11.4 Å². The van der Waals surface area contributed by atoms with Crippen LogP contribution in [0, 0.1) is 0 Å². The van der Waals surface area contributed by atoms with Crippen molar-refractivity contribution in [1.29, 1.82) is 0 Å². The molecular weight excluding hydrogens is 539 g/mol. The predicted molar refractivity (Wildman–Crippen MR) is 137 cm³/mol. The van der Waals surface area contributed by atoms with E-state index in [4.69, 9.17) is 49.0 Å². The third-order valence-electron chi connectivity index (χ3n) is 4.84. The molecular formula is C23H21Cl3N2O6S. The number of halogens is 3. The second kappa shape index (κ2) is 11.3. The largest absolute Gasteiger partial charge is 0.495 e. The van der Waals surface area contributed by atoms with Gasteiger partial charge in [0.2, 0.25) is 5.91 Å². The molecule has 1 amide bonds. The number of amides is 1. The Hall–Kier alpha value is -2.85. The van der Waals surface area contributed by atoms with Gasteiger partial charge >= 0.3 is 0 Å². The smallest absolute Gasteiger partial charge is 0.265 e. The molecule has 0 spiro atoms. The van der Waals surface area contributed by atoms with Crippen LogP contribution in [0.2, 0.25) is 15.1 Å². The Kier molecular flexibility index (Phi) is 8.60. The molecule has 0 radical (unpaired) electrons. The normalized spacial score (nSPS) is 11.0. The summed E-state index contributed by atoms with van der Waals surface area (Å²) in [6.45, 7) is -0.629. The first-order valence-electron chi connectivity index (χ1n) is 9.94. The molecule has 0 aliphatic carbocycles. The zero-order valence-corrected chi connectivity index (χ0v) is 21.9. The Morgan fingerprint density at radius 3 is 2.09 bits per heavy atom. The number of nitrogens with one attached hydrogen (secondary N) is 1. The molecule has 0 saturated carbocycles. The number of carbonyl (C=O) groups excluding carboxylic acids is 1. The van der Waals surface area contributed by atoms with Crippen LogP contribution in [0.1, 0.15) is 0 Å². The fourth-order valence-electron chi connectivity index (χ4n) is 3.18. The number of ether oxygens (including phenoxy) is 3. The van der Waals surface area contributed by atoms with Crippen LogP contribution in [0.5, 0.6) is 17.2 Å². The number of benzene rings is 3. The molecule has 0 aliphatic rings. The minimum atomic E-state index is -4.33. The molecule has 0 bridgehead atoms. The van der Waals surface area contributed by atoms with Crippen molar-refractivity contribution < 1.29 is 27.4 Å². The van der Waals surface area contributed by atoms with Gasteiger partial charge in [-0.2, -0.15) is 0 Å². The molecule has 0 atom stereocenters. The van der Waals surface area contributed by atoms with E-state index in [9.17, 15) is 13.2 Å². The number of hydrogen-bond donors (Lipinski definition) is 1. The van der Waals surface area contributed by atoms with Crippen LogP contribution in [-0.4, -0.2) is 42.2 Å². The van der Waals surface area contributed by atoms with E-state index >= 15 is 0 Å². The number of hydrogen-bond acceptors (Lipinski definition) is 6. The summed E-state index contributed by atoms with van der Waals surface area (Å²) in [4.78, 5) is 12.9. The lowest BCUT2D eigenvalue weighted by Crippen LogP contribution is -2.38. The first-order chi connectivity index (χ1) is 16.6. The van der Waals surface area contributed by atoms with Crippen LogP contribution < -0.4 is 23.8 Å². The van der Waals surface area contributed by atoms with Gasteiger partial charge in [-0.25, -0.2) is 8.42 Å². The molecule has 35 heavy (non-hydrogen) atoms. The average Bonchev–Trinajstić information content (AvgIpc) is 2.84. The van der Waals surface area contributed by atoms with Gasteiger partial charge in [-0.3, -0.25) is 9.10 Å². The number of sulfonamides is 1. The molecule has 3 aromatic rings. The maximum Gasteiger partial charge on any atom is 0.265 e. The minimum Gasteiger partial charge on any atom is -0.495 e. The van der Waals surface area contributed by atoms with Crippen LogP contribution in [0.3, 0.4) is 0 Å². The van der Waals surface area contributed by atoms with Crippen LogP contribution in [0.15, 0.2) is 59.5 Å². The Morgan fingerprint density at radius 1 is 0.829 bits per heavy atom. The van der Waals surface area contributed by atoms with Gasteiger partial charge in [0.1, 0.15) is 12.3 Å². The highest BCUT2D eigenvalue weighted by Gasteiger charge is 2.31. The summed E-state index contributed by atoms with van der Waals surface area (Å²) in [6.07, 6.45) is 0. The Labute approximate surface area is 218 Å². The summed E-state index contributed by atoms with van der Waals surface area (Å²) in [7, 11) is -0.139. The number of methoxy groups -OCH3 is 3. The lowest BCUT2D eigenvalue weighted by molar-refractivity contribution is -0.114. The number of carbonyl (C=O) groups is 1. The van der Waals surface area contributed by atoms with Crippen molar-refractivity contribution in [2.24, 2.45) is 0 Å². The highest BCUT2D eigenvalue weighted by Crippen LogP contribution is 2.37. The van der Waals surface area contributed by atoms with Crippen molar-refractivity contribution in [3.05, 3.63) is 69.7 Å². The van der Waals surface area contributed by atoms with Gasteiger partial charge in [0, 0.05) is 16.1 Å². The molecule has 12 heteroatoms. The third kappa shape index (κ3) is 6.05. The molecule has 186 valence electrons. The van der Waals surface area contributed by atoms with Gasteiger partial charge in [-0.05, 0) is 48.5 Å². The number of nitrogens with zero attached hydrogens (tertiary/aromatic N) is 1. The first-order valence-corrected chi connectivity index (χ1v) is 12.5. The summed E-state index contributed by atoms with van der Waals surface area (Å²) in [5.41, 5.74) is 0.285. The van der Waals surface area contributed by atoms with Crippen LogP contribution in [-0.2, 0) is 14.8 Å². The second-order valence-corrected chi connectivity index (χ2v) is 10.2. The lowest BCUT2D eigenvalue weighted by atomic mass is 10.3. The van der Waals surface area contributed by atoms with Crippen molar-refractivity contribution in [2.45, 2.75) is 4.90 Å². The fraction of sp³-hybridized carbons (Fsp3) is 0.174. The predicted octanol–water partition coefficient (Wildman–Crippen LogP) is 5.51. The Morgan fingerprint density at radius 2 is 1.43 bits per heavy atom. The van der Waals surface area contributed by atoms with Gasteiger partial charge in [0.05, 0.1) is 42.6 Å². The molecule has 3 rings (SSSR count). The van der Waals surface area contributed by atoms with Crippen LogP contribution >= 0.6 is 34.8 Å². The van der Waals surface area contributed by atoms with Gasteiger partial charge < -0.3 is 19.5 Å². The number of anilines is 2. The Balaban J connectivity index is 2.09. The van der Waals surface area contributed by atoms with E-state index in [1.54, 1.807) is 6.07 Å². The summed E-state index contributed by atoms with van der Waals surface area (Å²) in [6, 6.07) is 13.0. The minimum absolute atomic E-state index is 0.0575. The lowest BCUT2D eigenvalue weighted by Gasteiger charge is -2.26. The topological polar surface area (TPSA) is 94.2 Å². The maximum absolute atomic E-state index is 13.8. The second-order valence-electron chi connectivity index (χ2n) is 7.02. The van der Waals surface area contributed by atoms with E-state index < -0.39 is 22.5 Å². The van der Waals surface area contributed by atoms with Crippen molar-refractivity contribution >= 4 is 62.1 Å².